The molecule has 20 nitrogen and oxygen atoms in total. The number of hydrogen-bond donors (Lipinski definition) is 13. The Morgan fingerprint density at radius 1 is 0.930 bits per heavy atom. The third-order valence-corrected chi connectivity index (χ3v) is 7.47. The molecule has 0 unspecified atom stereocenters. The summed E-state index contributed by atoms with van der Waals surface area (Å²) in [6.45, 7) is -1.76. The van der Waals surface area contributed by atoms with Gasteiger partial charge in [0.05, 0.1) is 32.0 Å². The average molecular weight is 634 g/mol. The summed E-state index contributed by atoms with van der Waals surface area (Å²) in [6, 6.07) is -1.48. The quantitative estimate of drug-likeness (QED) is 0.100. The number of hydrogen-bond acceptors (Lipinski definition) is 18. The molecule has 0 aromatic rings. The van der Waals surface area contributed by atoms with Gasteiger partial charge in [0, 0.05) is 13.3 Å². The minimum Gasteiger partial charge on any atom is -0.477 e. The van der Waals surface area contributed by atoms with E-state index in [0.29, 0.717) is 0 Å². The van der Waals surface area contributed by atoms with Crippen molar-refractivity contribution in [2.24, 2.45) is 0 Å². The van der Waals surface area contributed by atoms with Gasteiger partial charge in [-0.2, -0.15) is 0 Å². The van der Waals surface area contributed by atoms with Crippen molar-refractivity contribution in [2.45, 2.75) is 111 Å². The number of aliphatic hydroxyl groups is 11. The van der Waals surface area contributed by atoms with Gasteiger partial charge >= 0.3 is 5.97 Å². The molecule has 3 aliphatic rings. The molecule has 3 rings (SSSR count). The molecule has 43 heavy (non-hydrogen) atoms. The van der Waals surface area contributed by atoms with Crippen LogP contribution in [0.1, 0.15) is 13.3 Å². The molecule has 3 aliphatic heterocycles. The predicted octanol–water partition coefficient (Wildman–Crippen LogP) is -8.22. The largest absolute Gasteiger partial charge is 0.477 e. The van der Waals surface area contributed by atoms with Gasteiger partial charge in [-0.1, -0.05) is 0 Å². The molecule has 3 fully saturated rings. The van der Waals surface area contributed by atoms with Crippen molar-refractivity contribution < 1.29 is 94.6 Å². The molecule has 0 saturated carbocycles. The number of carboxylic acid groups (broad SMARTS) is 1. The van der Waals surface area contributed by atoms with Gasteiger partial charge in [-0.25, -0.2) is 4.79 Å². The van der Waals surface area contributed by atoms with Crippen molar-refractivity contribution in [3.8, 4) is 0 Å². The van der Waals surface area contributed by atoms with Crippen LogP contribution in [-0.2, 0) is 33.3 Å². The monoisotopic (exact) mass is 633 g/mol. The summed E-state index contributed by atoms with van der Waals surface area (Å²) >= 11 is 0. The van der Waals surface area contributed by atoms with E-state index in [2.05, 4.69) is 5.32 Å². The Morgan fingerprint density at radius 2 is 1.58 bits per heavy atom. The van der Waals surface area contributed by atoms with E-state index in [9.17, 15) is 70.9 Å². The average Bonchev–Trinajstić information content (AvgIpc) is 2.96. The van der Waals surface area contributed by atoms with E-state index in [1.807, 2.05) is 0 Å². The molecule has 16 atom stereocenters. The van der Waals surface area contributed by atoms with E-state index in [1.165, 1.54) is 0 Å². The van der Waals surface area contributed by atoms with Crippen LogP contribution in [0.25, 0.3) is 0 Å². The third kappa shape index (κ3) is 7.58. The van der Waals surface area contributed by atoms with Crippen molar-refractivity contribution in [1.82, 2.24) is 5.32 Å². The number of aliphatic carboxylic acids is 1. The van der Waals surface area contributed by atoms with Crippen LogP contribution in [0.15, 0.2) is 0 Å². The topological polar surface area (TPSA) is 335 Å². The molecule has 0 spiro atoms. The maximum absolute atomic E-state index is 12.3. The van der Waals surface area contributed by atoms with E-state index < -0.39 is 136 Å². The second kappa shape index (κ2) is 14.6. The highest BCUT2D eigenvalue weighted by atomic mass is 16.8. The molecule has 250 valence electrons. The van der Waals surface area contributed by atoms with Crippen LogP contribution >= 0.6 is 0 Å². The zero-order valence-corrected chi connectivity index (χ0v) is 22.7. The molecule has 20 heteroatoms. The van der Waals surface area contributed by atoms with Crippen LogP contribution in [0, 0.1) is 0 Å². The number of ether oxygens (including phenoxy) is 5. The first-order valence-electron chi connectivity index (χ1n) is 13.2. The number of rotatable bonds is 11. The first kappa shape index (κ1) is 35.8. The van der Waals surface area contributed by atoms with Gasteiger partial charge < -0.3 is 90.3 Å². The summed E-state index contributed by atoms with van der Waals surface area (Å²) in [5.74, 6) is -5.42. The zero-order valence-electron chi connectivity index (χ0n) is 22.7. The lowest BCUT2D eigenvalue weighted by Gasteiger charge is -2.48. The fraction of sp³-hybridized carbons (Fsp3) is 0.913. The Balaban J connectivity index is 1.82. The maximum Gasteiger partial charge on any atom is 0.364 e. The highest BCUT2D eigenvalue weighted by Gasteiger charge is 2.57. The normalized spacial score (nSPS) is 45.3. The van der Waals surface area contributed by atoms with Gasteiger partial charge in [-0.3, -0.25) is 4.79 Å². The number of nitrogens with one attached hydrogen (secondary N) is 1. The van der Waals surface area contributed by atoms with Gasteiger partial charge in [0.15, 0.2) is 12.6 Å². The lowest BCUT2D eigenvalue weighted by Crippen LogP contribution is -2.68. The molecule has 13 N–H and O–H groups in total. The summed E-state index contributed by atoms with van der Waals surface area (Å²) in [5, 5.41) is 123. The molecule has 0 aliphatic carbocycles. The summed E-state index contributed by atoms with van der Waals surface area (Å²) in [5.41, 5.74) is 0. The maximum atomic E-state index is 12.3. The Labute approximate surface area is 243 Å². The molecule has 0 bridgehead atoms. The van der Waals surface area contributed by atoms with Crippen LogP contribution in [0.2, 0.25) is 0 Å². The second-order valence-electron chi connectivity index (χ2n) is 10.5. The van der Waals surface area contributed by atoms with Crippen LogP contribution < -0.4 is 5.32 Å². The predicted molar refractivity (Wildman–Crippen MR) is 130 cm³/mol. The van der Waals surface area contributed by atoms with E-state index in [0.717, 1.165) is 6.92 Å². The van der Waals surface area contributed by atoms with Crippen molar-refractivity contribution in [3.63, 3.8) is 0 Å². The van der Waals surface area contributed by atoms with E-state index >= 15 is 0 Å². The van der Waals surface area contributed by atoms with E-state index in [4.69, 9.17) is 23.7 Å². The Morgan fingerprint density at radius 3 is 2.14 bits per heavy atom. The van der Waals surface area contributed by atoms with Gasteiger partial charge in [-0.15, -0.1) is 0 Å². The zero-order chi connectivity index (χ0) is 32.4. The van der Waals surface area contributed by atoms with Crippen LogP contribution in [-0.4, -0.2) is 191 Å². The Bertz CT molecular complexity index is 942. The highest BCUT2D eigenvalue weighted by molar-refractivity contribution is 5.76. The minimum atomic E-state index is -2.83. The highest BCUT2D eigenvalue weighted by Crippen LogP contribution is 2.35. The van der Waals surface area contributed by atoms with Crippen molar-refractivity contribution >= 4 is 11.9 Å². The molecule has 0 aromatic heterocycles. The molecular formula is C23H39NO19. The Kier molecular flexibility index (Phi) is 12.1. The third-order valence-electron chi connectivity index (χ3n) is 7.47. The standard InChI is InChI=1S/C23H39NO19/c1-6(27)24-11-7(28)2-23(22(37)38,43-19(11)12(30)8(29)3-25)39-5-10-13(31)14(32)17(35)21(41-10)42-18-9(4-26)40-20(36)16(34)15(18)33/h7-21,25-26,28-36H,2-5H2,1H3,(H,24,27)(H,37,38)/t7-,8-,9+,10+,11+,12-,13-,14-,15+,16+,17+,18+,19+,20-,21-,23-/m0/s1. The summed E-state index contributed by atoms with van der Waals surface area (Å²) in [6.07, 6.45) is -27.0. The molecule has 3 saturated heterocycles. The fourth-order valence-corrected chi connectivity index (χ4v) is 5.05. The molecule has 0 aromatic carbocycles. The molecule has 3 heterocycles. The van der Waals surface area contributed by atoms with Crippen LogP contribution in [0.3, 0.4) is 0 Å². The van der Waals surface area contributed by atoms with Gasteiger partial charge in [0.2, 0.25) is 5.91 Å². The summed E-state index contributed by atoms with van der Waals surface area (Å²) in [7, 11) is 0. The number of carbonyl (C=O) groups is 2. The SMILES string of the molecule is CC(=O)N[C@H]1[C@H]([C@@H](O)[C@@H](O)CO)O[C@](OC[C@H]2O[C@@H](O[C@H]3[C@H](O)[C@@H](O)[C@@H](O)O[C@@H]3CO)[C@H](O)[C@@H](O)[C@H]2O)(C(=O)O)C[C@@H]1O. The molecular weight excluding hydrogens is 594 g/mol. The first-order valence-corrected chi connectivity index (χ1v) is 13.2. The Hall–Kier alpha value is -1.70. The van der Waals surface area contributed by atoms with Crippen molar-refractivity contribution in [2.75, 3.05) is 19.8 Å². The second-order valence-corrected chi connectivity index (χ2v) is 10.5. The lowest BCUT2D eigenvalue weighted by atomic mass is 9.88. The number of aliphatic hydroxyl groups excluding tert-OH is 11. The number of carbonyl (C=O) groups excluding carboxylic acids is 1. The molecule has 0 radical (unpaired) electrons. The number of amides is 1. The minimum absolute atomic E-state index is 0.719. The van der Waals surface area contributed by atoms with E-state index in [1.54, 1.807) is 0 Å². The number of carboxylic acids is 1. The van der Waals surface area contributed by atoms with Crippen molar-refractivity contribution in [1.29, 1.82) is 0 Å². The lowest BCUT2D eigenvalue weighted by molar-refractivity contribution is -0.364. The van der Waals surface area contributed by atoms with Gasteiger partial charge in [-0.05, 0) is 0 Å². The summed E-state index contributed by atoms with van der Waals surface area (Å²) < 4.78 is 26.7. The van der Waals surface area contributed by atoms with E-state index in [-0.39, 0.29) is 0 Å². The van der Waals surface area contributed by atoms with Gasteiger partial charge in [0.1, 0.15) is 67.1 Å². The van der Waals surface area contributed by atoms with Gasteiger partial charge in [0.25, 0.3) is 5.79 Å². The van der Waals surface area contributed by atoms with Crippen LogP contribution in [0.4, 0.5) is 0 Å². The van der Waals surface area contributed by atoms with Crippen LogP contribution in [0.5, 0.6) is 0 Å². The summed E-state index contributed by atoms with van der Waals surface area (Å²) in [4.78, 5) is 24.0. The first-order chi connectivity index (χ1) is 20.1. The fourth-order valence-electron chi connectivity index (χ4n) is 5.05. The molecule has 1 amide bonds. The smallest absolute Gasteiger partial charge is 0.364 e. The van der Waals surface area contributed by atoms with Crippen molar-refractivity contribution in [3.05, 3.63) is 0 Å².